The predicted octanol–water partition coefficient (Wildman–Crippen LogP) is 1.15. The third kappa shape index (κ3) is 3.45. The van der Waals surface area contributed by atoms with Crippen molar-refractivity contribution >= 4 is 33.4 Å². The van der Waals surface area contributed by atoms with Crippen molar-refractivity contribution < 1.29 is 24.2 Å². The highest BCUT2D eigenvalue weighted by atomic mass is 79.9. The summed E-state index contributed by atoms with van der Waals surface area (Å²) >= 11 is 3.41. The summed E-state index contributed by atoms with van der Waals surface area (Å²) in [7, 11) is 0. The van der Waals surface area contributed by atoms with Crippen molar-refractivity contribution in [2.75, 3.05) is 31.7 Å². The maximum Gasteiger partial charge on any atom is 0.277 e. The van der Waals surface area contributed by atoms with Crippen LogP contribution in [0.4, 0.5) is 5.69 Å². The first-order chi connectivity index (χ1) is 11.1. The summed E-state index contributed by atoms with van der Waals surface area (Å²) in [6, 6.07) is 5.45. The van der Waals surface area contributed by atoms with E-state index in [1.807, 2.05) is 6.07 Å². The lowest BCUT2D eigenvalue weighted by Crippen LogP contribution is -2.34. The Bertz CT molecular complexity index is 670. The highest BCUT2D eigenvalue weighted by molar-refractivity contribution is 9.10. The van der Waals surface area contributed by atoms with Gasteiger partial charge in [-0.15, -0.1) is 0 Å². The number of aliphatic hydroxyl groups is 1. The number of benzene rings is 1. The molecule has 8 heteroatoms. The number of carbonyl (C=O) groups excluding carboxylic acids is 2. The van der Waals surface area contributed by atoms with Crippen molar-refractivity contribution in [1.82, 2.24) is 4.90 Å². The molecule has 0 unspecified atom stereocenters. The molecule has 0 atom stereocenters. The Labute approximate surface area is 141 Å². The number of halogens is 1. The molecule has 2 aliphatic rings. The number of hydrogen-bond acceptors (Lipinski definition) is 6. The zero-order valence-electron chi connectivity index (χ0n) is 12.1. The van der Waals surface area contributed by atoms with Gasteiger partial charge in [0.25, 0.3) is 11.8 Å². The molecule has 1 saturated heterocycles. The van der Waals surface area contributed by atoms with Crippen LogP contribution < -0.4 is 5.32 Å². The maximum absolute atomic E-state index is 12.1. The van der Waals surface area contributed by atoms with E-state index in [0.717, 1.165) is 14.9 Å². The van der Waals surface area contributed by atoms with Crippen LogP contribution in [0.3, 0.4) is 0 Å². The fourth-order valence-electron chi connectivity index (χ4n) is 2.44. The molecule has 1 aromatic carbocycles. The van der Waals surface area contributed by atoms with E-state index in [1.165, 1.54) is 6.08 Å². The maximum atomic E-state index is 12.1. The molecule has 0 bridgehead atoms. The van der Waals surface area contributed by atoms with Gasteiger partial charge in [0.05, 0.1) is 26.4 Å². The van der Waals surface area contributed by atoms with Crippen LogP contribution in [-0.2, 0) is 19.1 Å². The average Bonchev–Trinajstić information content (AvgIpc) is 3.12. The van der Waals surface area contributed by atoms with Crippen LogP contribution in [0, 0.1) is 0 Å². The second-order valence-corrected chi connectivity index (χ2v) is 5.96. The largest absolute Gasteiger partial charge is 0.395 e. The Kier molecular flexibility index (Phi) is 4.76. The summed E-state index contributed by atoms with van der Waals surface area (Å²) in [5.74, 6) is -0.900. The summed E-state index contributed by atoms with van der Waals surface area (Å²) in [5, 5.41) is 11.8. The zero-order chi connectivity index (χ0) is 16.4. The molecule has 2 amide bonds. The topological polar surface area (TPSA) is 88.1 Å². The van der Waals surface area contributed by atoms with E-state index in [-0.39, 0.29) is 18.8 Å². The molecular formula is C15H15BrN2O5. The Morgan fingerprint density at radius 3 is 2.70 bits per heavy atom. The Morgan fingerprint density at radius 2 is 2.00 bits per heavy atom. The molecule has 0 radical (unpaired) electrons. The summed E-state index contributed by atoms with van der Waals surface area (Å²) in [4.78, 5) is 24.9. The van der Waals surface area contributed by atoms with Gasteiger partial charge >= 0.3 is 0 Å². The van der Waals surface area contributed by atoms with Gasteiger partial charge in [-0.2, -0.15) is 0 Å². The highest BCUT2D eigenvalue weighted by Crippen LogP contribution is 2.30. The first-order valence-corrected chi connectivity index (χ1v) is 7.87. The standard InChI is InChI=1S/C15H15BrN2O5/c16-10-5-9(15-22-3-4-23-15)6-11(7-10)17-12-8-13(20)18(1-2-19)14(12)21/h5-8,15,17,19H,1-4H2. The fourth-order valence-corrected chi connectivity index (χ4v) is 2.95. The number of imide groups is 1. The van der Waals surface area contributed by atoms with Crippen LogP contribution in [0.25, 0.3) is 0 Å². The average molecular weight is 383 g/mol. The zero-order valence-corrected chi connectivity index (χ0v) is 13.7. The number of ether oxygens (including phenoxy) is 2. The van der Waals surface area contributed by atoms with E-state index >= 15 is 0 Å². The van der Waals surface area contributed by atoms with Crippen molar-refractivity contribution in [1.29, 1.82) is 0 Å². The van der Waals surface area contributed by atoms with Gasteiger partial charge in [-0.25, -0.2) is 0 Å². The highest BCUT2D eigenvalue weighted by Gasteiger charge is 2.30. The number of anilines is 1. The third-order valence-electron chi connectivity index (χ3n) is 3.43. The van der Waals surface area contributed by atoms with E-state index in [4.69, 9.17) is 14.6 Å². The van der Waals surface area contributed by atoms with Crippen molar-refractivity contribution in [3.63, 3.8) is 0 Å². The summed E-state index contributed by atoms with van der Waals surface area (Å²) in [6.07, 6.45) is 0.787. The minimum absolute atomic E-state index is 0.0210. The Balaban J connectivity index is 1.79. The minimum Gasteiger partial charge on any atom is -0.395 e. The second-order valence-electron chi connectivity index (χ2n) is 5.05. The van der Waals surface area contributed by atoms with Gasteiger partial charge in [0.2, 0.25) is 0 Å². The number of amides is 2. The number of carbonyl (C=O) groups is 2. The molecule has 1 aromatic rings. The second kappa shape index (κ2) is 6.79. The molecule has 1 fully saturated rings. The molecule has 2 N–H and O–H groups in total. The van der Waals surface area contributed by atoms with Gasteiger partial charge in [-0.05, 0) is 18.2 Å². The van der Waals surface area contributed by atoms with E-state index in [2.05, 4.69) is 21.2 Å². The van der Waals surface area contributed by atoms with Crippen LogP contribution in [0.1, 0.15) is 11.9 Å². The number of hydrogen-bond donors (Lipinski definition) is 2. The first kappa shape index (κ1) is 16.1. The Hall–Kier alpha value is -1.74. The molecule has 0 aliphatic carbocycles. The van der Waals surface area contributed by atoms with Crippen molar-refractivity contribution in [3.05, 3.63) is 40.0 Å². The monoisotopic (exact) mass is 382 g/mol. The quantitative estimate of drug-likeness (QED) is 0.742. The van der Waals surface area contributed by atoms with Crippen LogP contribution in [0.15, 0.2) is 34.4 Å². The van der Waals surface area contributed by atoms with Gasteiger partial charge in [0.15, 0.2) is 6.29 Å². The lowest BCUT2D eigenvalue weighted by atomic mass is 10.2. The van der Waals surface area contributed by atoms with Crippen LogP contribution >= 0.6 is 15.9 Å². The SMILES string of the molecule is O=C1C=C(Nc2cc(Br)cc(C3OCCO3)c2)C(=O)N1CCO. The van der Waals surface area contributed by atoms with Crippen LogP contribution in [-0.4, -0.2) is 48.2 Å². The summed E-state index contributed by atoms with van der Waals surface area (Å²) in [6.45, 7) is 0.783. The van der Waals surface area contributed by atoms with E-state index < -0.39 is 18.1 Å². The first-order valence-electron chi connectivity index (χ1n) is 7.07. The molecule has 2 aliphatic heterocycles. The van der Waals surface area contributed by atoms with Crippen molar-refractivity contribution in [2.45, 2.75) is 6.29 Å². The minimum atomic E-state index is -0.459. The number of nitrogens with one attached hydrogen (secondary N) is 1. The smallest absolute Gasteiger partial charge is 0.277 e. The number of rotatable bonds is 5. The lowest BCUT2D eigenvalue weighted by Gasteiger charge is -2.15. The molecule has 0 saturated carbocycles. The molecule has 0 aromatic heterocycles. The normalized spacial score (nSPS) is 18.7. The van der Waals surface area contributed by atoms with E-state index in [0.29, 0.717) is 18.9 Å². The molecular weight excluding hydrogens is 368 g/mol. The predicted molar refractivity (Wildman–Crippen MR) is 84.3 cm³/mol. The summed E-state index contributed by atoms with van der Waals surface area (Å²) in [5.41, 5.74) is 1.61. The molecule has 7 nitrogen and oxygen atoms in total. The molecule has 122 valence electrons. The number of aliphatic hydroxyl groups excluding tert-OH is 1. The molecule has 0 spiro atoms. The van der Waals surface area contributed by atoms with Crippen LogP contribution in [0.2, 0.25) is 0 Å². The fraction of sp³-hybridized carbons (Fsp3) is 0.333. The van der Waals surface area contributed by atoms with Crippen molar-refractivity contribution in [2.24, 2.45) is 0 Å². The number of β-amino-alcohol motifs (C(OH)–C–C–N with tert-alkyl or cyclic N) is 1. The number of nitrogens with zero attached hydrogens (tertiary/aromatic N) is 1. The Morgan fingerprint density at radius 1 is 1.26 bits per heavy atom. The van der Waals surface area contributed by atoms with E-state index in [1.54, 1.807) is 12.1 Å². The van der Waals surface area contributed by atoms with Gasteiger partial charge in [0.1, 0.15) is 5.70 Å². The van der Waals surface area contributed by atoms with Crippen LogP contribution in [0.5, 0.6) is 0 Å². The molecule has 23 heavy (non-hydrogen) atoms. The van der Waals surface area contributed by atoms with Gasteiger partial charge in [-0.3, -0.25) is 14.5 Å². The van der Waals surface area contributed by atoms with Crippen molar-refractivity contribution in [3.8, 4) is 0 Å². The summed E-state index contributed by atoms with van der Waals surface area (Å²) < 4.78 is 11.7. The third-order valence-corrected chi connectivity index (χ3v) is 3.88. The lowest BCUT2D eigenvalue weighted by molar-refractivity contribution is -0.137. The van der Waals surface area contributed by atoms with Gasteiger partial charge in [-0.1, -0.05) is 15.9 Å². The van der Waals surface area contributed by atoms with Gasteiger partial charge in [0, 0.05) is 21.8 Å². The molecule has 2 heterocycles. The molecule has 3 rings (SSSR count). The van der Waals surface area contributed by atoms with E-state index in [9.17, 15) is 9.59 Å². The van der Waals surface area contributed by atoms with Gasteiger partial charge < -0.3 is 19.9 Å².